The quantitative estimate of drug-likeness (QED) is 0.739. The molecule has 6 heteroatoms. The van der Waals surface area contributed by atoms with Crippen molar-refractivity contribution < 1.29 is 8.42 Å². The van der Waals surface area contributed by atoms with Crippen molar-refractivity contribution in [1.29, 1.82) is 0 Å². The summed E-state index contributed by atoms with van der Waals surface area (Å²) in [7, 11) is -3.53. The van der Waals surface area contributed by atoms with E-state index in [-0.39, 0.29) is 11.4 Å². The van der Waals surface area contributed by atoms with Gasteiger partial charge in [0.25, 0.3) is 0 Å². The van der Waals surface area contributed by atoms with Gasteiger partial charge < -0.3 is 0 Å². The van der Waals surface area contributed by atoms with Gasteiger partial charge in [-0.2, -0.15) is 0 Å². The predicted molar refractivity (Wildman–Crippen MR) is 97.3 cm³/mol. The number of rotatable bonds is 6. The lowest BCUT2D eigenvalue weighted by atomic mass is 10.1. The fourth-order valence-electron chi connectivity index (χ4n) is 2.38. The average Bonchev–Trinajstić information content (AvgIpc) is 2.67. The number of aromatic nitrogens is 2. The van der Waals surface area contributed by atoms with Gasteiger partial charge in [-0.1, -0.05) is 25.1 Å². The van der Waals surface area contributed by atoms with Crippen molar-refractivity contribution in [2.24, 2.45) is 0 Å². The Hall–Kier alpha value is -2.57. The van der Waals surface area contributed by atoms with Crippen molar-refractivity contribution in [2.45, 2.75) is 24.8 Å². The minimum Gasteiger partial charge on any atom is -0.264 e. The molecule has 0 atom stereocenters. The molecule has 3 rings (SSSR count). The lowest BCUT2D eigenvalue weighted by molar-refractivity contribution is 0.581. The zero-order chi connectivity index (χ0) is 17.7. The number of aryl methyl sites for hydroxylation is 1. The molecule has 5 nitrogen and oxygen atoms in total. The van der Waals surface area contributed by atoms with Gasteiger partial charge in [0.15, 0.2) is 0 Å². The molecule has 0 aliphatic heterocycles. The monoisotopic (exact) mass is 353 g/mol. The van der Waals surface area contributed by atoms with E-state index >= 15 is 0 Å². The van der Waals surface area contributed by atoms with Crippen LogP contribution in [0.3, 0.4) is 0 Å². The number of nitrogens with zero attached hydrogens (tertiary/aromatic N) is 2. The van der Waals surface area contributed by atoms with Crippen LogP contribution in [-0.4, -0.2) is 18.4 Å². The van der Waals surface area contributed by atoms with Crippen LogP contribution < -0.4 is 4.72 Å². The first-order valence-electron chi connectivity index (χ1n) is 8.02. The maximum Gasteiger partial charge on any atom is 0.240 e. The van der Waals surface area contributed by atoms with Crippen molar-refractivity contribution in [1.82, 2.24) is 14.7 Å². The van der Waals surface area contributed by atoms with Crippen LogP contribution in [0.4, 0.5) is 0 Å². The number of benzene rings is 1. The van der Waals surface area contributed by atoms with Crippen molar-refractivity contribution >= 4 is 10.0 Å². The highest BCUT2D eigenvalue weighted by molar-refractivity contribution is 7.89. The van der Waals surface area contributed by atoms with E-state index in [4.69, 9.17) is 0 Å². The molecule has 0 radical (unpaired) electrons. The van der Waals surface area contributed by atoms with E-state index in [1.54, 1.807) is 30.7 Å². The van der Waals surface area contributed by atoms with E-state index in [0.29, 0.717) is 0 Å². The molecule has 3 aromatic rings. The second-order valence-corrected chi connectivity index (χ2v) is 7.38. The smallest absolute Gasteiger partial charge is 0.240 e. The van der Waals surface area contributed by atoms with Gasteiger partial charge in [-0.05, 0) is 47.9 Å². The fourth-order valence-corrected chi connectivity index (χ4v) is 3.40. The van der Waals surface area contributed by atoms with Crippen molar-refractivity contribution in [3.63, 3.8) is 0 Å². The van der Waals surface area contributed by atoms with Crippen LogP contribution in [0, 0.1) is 0 Å². The first kappa shape index (κ1) is 17.3. The van der Waals surface area contributed by atoms with Crippen LogP contribution in [0.25, 0.3) is 11.3 Å². The van der Waals surface area contributed by atoms with Crippen LogP contribution in [0.1, 0.15) is 18.1 Å². The first-order chi connectivity index (χ1) is 12.1. The molecule has 2 heterocycles. The lowest BCUT2D eigenvalue weighted by Crippen LogP contribution is -2.23. The predicted octanol–water partition coefficient (Wildman–Crippen LogP) is 3.18. The SMILES string of the molecule is CCc1ccc(S(=O)(=O)NCc2ccc(-c3cccnc3)nc2)cc1. The van der Waals surface area contributed by atoms with Crippen LogP contribution >= 0.6 is 0 Å². The number of nitrogens with one attached hydrogen (secondary N) is 1. The molecule has 0 unspecified atom stereocenters. The topological polar surface area (TPSA) is 72.0 Å². The normalized spacial score (nSPS) is 11.4. The Morgan fingerprint density at radius 1 is 0.960 bits per heavy atom. The molecule has 1 aromatic carbocycles. The number of hydrogen-bond acceptors (Lipinski definition) is 4. The van der Waals surface area contributed by atoms with Crippen LogP contribution in [0.15, 0.2) is 72.0 Å². The Kier molecular flexibility index (Phi) is 5.21. The number of pyridine rings is 2. The van der Waals surface area contributed by atoms with Gasteiger partial charge in [0.2, 0.25) is 10.0 Å². The Balaban J connectivity index is 1.68. The second-order valence-electron chi connectivity index (χ2n) is 5.62. The molecule has 0 fully saturated rings. The summed E-state index contributed by atoms with van der Waals surface area (Å²) in [5.41, 5.74) is 3.62. The summed E-state index contributed by atoms with van der Waals surface area (Å²) in [4.78, 5) is 8.70. The maximum absolute atomic E-state index is 12.4. The number of sulfonamides is 1. The molecule has 128 valence electrons. The summed E-state index contributed by atoms with van der Waals surface area (Å²) >= 11 is 0. The molecular formula is C19H19N3O2S. The molecule has 0 saturated carbocycles. The highest BCUT2D eigenvalue weighted by Crippen LogP contribution is 2.16. The third-order valence-electron chi connectivity index (χ3n) is 3.89. The van der Waals surface area contributed by atoms with E-state index < -0.39 is 10.0 Å². The van der Waals surface area contributed by atoms with Crippen molar-refractivity contribution in [2.75, 3.05) is 0 Å². The Bertz CT molecular complexity index is 923. The summed E-state index contributed by atoms with van der Waals surface area (Å²) in [6, 6.07) is 14.4. The summed E-state index contributed by atoms with van der Waals surface area (Å²) in [6.45, 7) is 2.22. The van der Waals surface area contributed by atoms with Crippen molar-refractivity contribution in [3.8, 4) is 11.3 Å². The highest BCUT2D eigenvalue weighted by Gasteiger charge is 2.13. The lowest BCUT2D eigenvalue weighted by Gasteiger charge is -2.08. The average molecular weight is 353 g/mol. The zero-order valence-electron chi connectivity index (χ0n) is 13.9. The fraction of sp³-hybridized carbons (Fsp3) is 0.158. The van der Waals surface area contributed by atoms with Gasteiger partial charge in [-0.3, -0.25) is 9.97 Å². The van der Waals surface area contributed by atoms with E-state index in [2.05, 4.69) is 14.7 Å². The third-order valence-corrected chi connectivity index (χ3v) is 5.31. The minimum atomic E-state index is -3.53. The summed E-state index contributed by atoms with van der Waals surface area (Å²) in [5.74, 6) is 0. The molecule has 0 spiro atoms. The molecule has 25 heavy (non-hydrogen) atoms. The summed E-state index contributed by atoms with van der Waals surface area (Å²) in [6.07, 6.45) is 6.00. The third kappa shape index (κ3) is 4.29. The zero-order valence-corrected chi connectivity index (χ0v) is 14.7. The standard InChI is InChI=1S/C19H19N3O2S/c1-2-15-5-8-18(9-6-15)25(23,24)22-13-16-7-10-19(21-12-16)17-4-3-11-20-14-17/h3-12,14,22H,2,13H2,1H3. The van der Waals surface area contributed by atoms with Gasteiger partial charge >= 0.3 is 0 Å². The molecule has 0 bridgehead atoms. The Labute approximate surface area is 147 Å². The largest absolute Gasteiger partial charge is 0.264 e. The van der Waals surface area contributed by atoms with Crippen LogP contribution in [0.2, 0.25) is 0 Å². The molecule has 0 saturated heterocycles. The summed E-state index contributed by atoms with van der Waals surface area (Å²) < 4.78 is 27.3. The molecule has 2 aromatic heterocycles. The van der Waals surface area contributed by atoms with Gasteiger partial charge in [0.1, 0.15) is 0 Å². The molecule has 0 aliphatic carbocycles. The van der Waals surface area contributed by atoms with Gasteiger partial charge in [-0.25, -0.2) is 13.1 Å². The Morgan fingerprint density at radius 3 is 2.32 bits per heavy atom. The van der Waals surface area contributed by atoms with Gasteiger partial charge in [-0.15, -0.1) is 0 Å². The van der Waals surface area contributed by atoms with E-state index in [9.17, 15) is 8.42 Å². The van der Waals surface area contributed by atoms with Gasteiger partial charge in [0, 0.05) is 30.7 Å². The van der Waals surface area contributed by atoms with E-state index in [1.165, 1.54) is 0 Å². The molecule has 0 amide bonds. The second kappa shape index (κ2) is 7.55. The summed E-state index contributed by atoms with van der Waals surface area (Å²) in [5, 5.41) is 0. The van der Waals surface area contributed by atoms with E-state index in [1.807, 2.05) is 43.3 Å². The molecule has 1 N–H and O–H groups in total. The van der Waals surface area contributed by atoms with Crippen LogP contribution in [-0.2, 0) is 23.0 Å². The molecule has 0 aliphatic rings. The van der Waals surface area contributed by atoms with Crippen LogP contribution in [0.5, 0.6) is 0 Å². The van der Waals surface area contributed by atoms with Crippen molar-refractivity contribution in [3.05, 3.63) is 78.2 Å². The number of hydrogen-bond donors (Lipinski definition) is 1. The Morgan fingerprint density at radius 2 is 1.72 bits per heavy atom. The maximum atomic E-state index is 12.4. The molecular weight excluding hydrogens is 334 g/mol. The first-order valence-corrected chi connectivity index (χ1v) is 9.51. The van der Waals surface area contributed by atoms with E-state index in [0.717, 1.165) is 28.8 Å². The highest BCUT2D eigenvalue weighted by atomic mass is 32.2. The van der Waals surface area contributed by atoms with Gasteiger partial charge in [0.05, 0.1) is 10.6 Å². The minimum absolute atomic E-state index is 0.193.